The van der Waals surface area contributed by atoms with Crippen LogP contribution in [0, 0.1) is 0 Å². The van der Waals surface area contributed by atoms with E-state index in [0.717, 1.165) is 16.5 Å². The molecule has 0 unspecified atom stereocenters. The lowest BCUT2D eigenvalue weighted by Crippen LogP contribution is -1.90. The predicted molar refractivity (Wildman–Crippen MR) is 172 cm³/mol. The van der Waals surface area contributed by atoms with Gasteiger partial charge in [0, 0.05) is 36.7 Å². The molecule has 9 aromatic rings. The van der Waals surface area contributed by atoms with Gasteiger partial charge in [-0.05, 0) is 67.7 Å². The van der Waals surface area contributed by atoms with Crippen molar-refractivity contribution in [1.29, 1.82) is 0 Å². The van der Waals surface area contributed by atoms with E-state index in [0.29, 0.717) is 0 Å². The molecule has 0 bridgehead atoms. The molecule has 0 fully saturated rings. The molecule has 0 aliphatic carbocycles. The van der Waals surface area contributed by atoms with Gasteiger partial charge in [0.15, 0.2) is 0 Å². The van der Waals surface area contributed by atoms with Gasteiger partial charge in [0.25, 0.3) is 0 Å². The van der Waals surface area contributed by atoms with Crippen LogP contribution in [0.25, 0.3) is 85.7 Å². The number of benzene rings is 7. The summed E-state index contributed by atoms with van der Waals surface area (Å²) in [6.45, 7) is 0. The molecular weight excluding hydrogens is 504 g/mol. The second-order valence-corrected chi connectivity index (χ2v) is 11.6. The Hall–Kier alpha value is -4.92. The summed E-state index contributed by atoms with van der Waals surface area (Å²) in [5.74, 6) is 0. The van der Waals surface area contributed by atoms with E-state index >= 15 is 0 Å². The van der Waals surface area contributed by atoms with Gasteiger partial charge in [0.1, 0.15) is 5.58 Å². The molecule has 186 valence electrons. The first-order valence-corrected chi connectivity index (χ1v) is 14.4. The van der Waals surface area contributed by atoms with E-state index in [9.17, 15) is 0 Å². The molecule has 7 aromatic carbocycles. The zero-order valence-corrected chi connectivity index (χ0v) is 22.3. The van der Waals surface area contributed by atoms with Gasteiger partial charge < -0.3 is 4.42 Å². The van der Waals surface area contributed by atoms with E-state index in [2.05, 4.69) is 127 Å². The Labute approximate surface area is 234 Å². The van der Waals surface area contributed by atoms with Crippen LogP contribution < -0.4 is 0 Å². The second kappa shape index (κ2) is 8.29. The molecule has 0 saturated carbocycles. The minimum Gasteiger partial charge on any atom is -0.464 e. The Morgan fingerprint density at radius 2 is 1.05 bits per heavy atom. The van der Waals surface area contributed by atoms with Crippen LogP contribution in [0.15, 0.2) is 138 Å². The van der Waals surface area contributed by atoms with E-state index in [1.807, 2.05) is 17.6 Å². The van der Waals surface area contributed by atoms with Crippen LogP contribution in [-0.2, 0) is 0 Å². The maximum atomic E-state index is 6.28. The van der Waals surface area contributed by atoms with E-state index < -0.39 is 0 Å². The van der Waals surface area contributed by atoms with Crippen molar-refractivity contribution >= 4 is 74.8 Å². The molecule has 0 spiro atoms. The van der Waals surface area contributed by atoms with Gasteiger partial charge in [0.2, 0.25) is 0 Å². The van der Waals surface area contributed by atoms with E-state index in [4.69, 9.17) is 4.42 Å². The van der Waals surface area contributed by atoms with Crippen molar-refractivity contribution in [3.63, 3.8) is 0 Å². The lowest BCUT2D eigenvalue weighted by Gasteiger charge is -2.17. The van der Waals surface area contributed by atoms with Crippen molar-refractivity contribution in [1.82, 2.24) is 0 Å². The SMILES string of the molecule is c1ccc2cc(-c3c4ccccc4c(-c4coc5cc6sc7ccccc7c6cc45)c4ccccc34)ccc2c1. The van der Waals surface area contributed by atoms with Crippen LogP contribution in [0.1, 0.15) is 0 Å². The predicted octanol–water partition coefficient (Wildman–Crippen LogP) is 11.6. The molecule has 0 aliphatic heterocycles. The third-order valence-corrected chi connectivity index (χ3v) is 9.45. The molecule has 2 aromatic heterocycles. The molecule has 0 atom stereocenters. The largest absolute Gasteiger partial charge is 0.464 e. The van der Waals surface area contributed by atoms with Crippen molar-refractivity contribution in [2.45, 2.75) is 0 Å². The summed E-state index contributed by atoms with van der Waals surface area (Å²) < 4.78 is 8.84. The first kappa shape index (κ1) is 22.0. The molecule has 40 heavy (non-hydrogen) atoms. The highest BCUT2D eigenvalue weighted by Gasteiger charge is 2.20. The highest BCUT2D eigenvalue weighted by molar-refractivity contribution is 7.25. The van der Waals surface area contributed by atoms with Gasteiger partial charge in [-0.3, -0.25) is 0 Å². The zero-order valence-electron chi connectivity index (χ0n) is 21.5. The van der Waals surface area contributed by atoms with Crippen LogP contribution in [0.2, 0.25) is 0 Å². The summed E-state index contributed by atoms with van der Waals surface area (Å²) >= 11 is 1.83. The molecule has 0 amide bonds. The third kappa shape index (κ3) is 3.08. The Kier molecular flexibility index (Phi) is 4.55. The quantitative estimate of drug-likeness (QED) is 0.204. The smallest absolute Gasteiger partial charge is 0.135 e. The van der Waals surface area contributed by atoms with Gasteiger partial charge in [-0.1, -0.05) is 103 Å². The minimum atomic E-state index is 0.931. The normalized spacial score (nSPS) is 12.0. The average Bonchev–Trinajstić information content (AvgIpc) is 3.59. The fourth-order valence-electron chi connectivity index (χ4n) is 6.51. The number of furan rings is 1. The molecular formula is C38H22OS. The van der Waals surface area contributed by atoms with Gasteiger partial charge in [-0.15, -0.1) is 11.3 Å². The summed E-state index contributed by atoms with van der Waals surface area (Å²) in [6.07, 6.45) is 1.96. The monoisotopic (exact) mass is 526 g/mol. The van der Waals surface area contributed by atoms with Crippen molar-refractivity contribution in [2.24, 2.45) is 0 Å². The van der Waals surface area contributed by atoms with Gasteiger partial charge >= 0.3 is 0 Å². The molecule has 1 nitrogen and oxygen atoms in total. The second-order valence-electron chi connectivity index (χ2n) is 10.5. The highest BCUT2D eigenvalue weighted by atomic mass is 32.1. The Balaban J connectivity index is 1.40. The maximum absolute atomic E-state index is 6.28. The summed E-state index contributed by atoms with van der Waals surface area (Å²) in [7, 11) is 0. The standard InChI is InChI=1S/C38H22OS/c1-2-10-24-19-25(18-17-23(24)9-1)37-27-12-3-5-14-29(27)38(30-15-6-4-13-28(30)37)33-22-39-34-21-36-32(20-31(33)34)26-11-7-8-16-35(26)40-36/h1-22H. The minimum absolute atomic E-state index is 0.931. The lowest BCUT2D eigenvalue weighted by molar-refractivity contribution is 0.617. The number of hydrogen-bond acceptors (Lipinski definition) is 2. The first-order valence-electron chi connectivity index (χ1n) is 13.6. The Morgan fingerprint density at radius 3 is 1.80 bits per heavy atom. The van der Waals surface area contributed by atoms with Crippen molar-refractivity contribution in [2.75, 3.05) is 0 Å². The molecule has 2 heteroatoms. The van der Waals surface area contributed by atoms with Crippen LogP contribution in [0.5, 0.6) is 0 Å². The van der Waals surface area contributed by atoms with Gasteiger partial charge in [-0.25, -0.2) is 0 Å². The first-order chi connectivity index (χ1) is 19.8. The van der Waals surface area contributed by atoms with Crippen molar-refractivity contribution in [3.05, 3.63) is 134 Å². The molecule has 0 saturated heterocycles. The number of rotatable bonds is 2. The topological polar surface area (TPSA) is 13.1 Å². The third-order valence-electron chi connectivity index (χ3n) is 8.31. The molecule has 0 aliphatic rings. The van der Waals surface area contributed by atoms with E-state index in [1.54, 1.807) is 0 Å². The van der Waals surface area contributed by atoms with Crippen LogP contribution in [-0.4, -0.2) is 0 Å². The van der Waals surface area contributed by atoms with Crippen LogP contribution in [0.3, 0.4) is 0 Å². The lowest BCUT2D eigenvalue weighted by atomic mass is 9.85. The Bertz CT molecular complexity index is 2380. The molecule has 0 N–H and O–H groups in total. The number of thiophene rings is 1. The number of hydrogen-bond donors (Lipinski definition) is 0. The molecule has 9 rings (SSSR count). The van der Waals surface area contributed by atoms with Crippen LogP contribution in [0.4, 0.5) is 0 Å². The highest BCUT2D eigenvalue weighted by Crippen LogP contribution is 2.47. The summed E-state index contributed by atoms with van der Waals surface area (Å²) in [5, 5.41) is 11.2. The van der Waals surface area contributed by atoms with Crippen LogP contribution >= 0.6 is 11.3 Å². The number of fused-ring (bicyclic) bond motifs is 7. The maximum Gasteiger partial charge on any atom is 0.135 e. The summed E-state index contributed by atoms with van der Waals surface area (Å²) in [4.78, 5) is 0. The van der Waals surface area contributed by atoms with Gasteiger partial charge in [-0.2, -0.15) is 0 Å². The molecule has 0 radical (unpaired) electrons. The average molecular weight is 527 g/mol. The Morgan fingerprint density at radius 1 is 0.425 bits per heavy atom. The fourth-order valence-corrected chi connectivity index (χ4v) is 7.63. The van der Waals surface area contributed by atoms with Gasteiger partial charge in [0.05, 0.1) is 6.26 Å². The molecule has 2 heterocycles. The van der Waals surface area contributed by atoms with E-state index in [1.165, 1.54) is 69.2 Å². The summed E-state index contributed by atoms with van der Waals surface area (Å²) in [5.41, 5.74) is 5.82. The summed E-state index contributed by atoms with van der Waals surface area (Å²) in [6, 6.07) is 46.3. The fraction of sp³-hybridized carbons (Fsp3) is 0. The van der Waals surface area contributed by atoms with E-state index in [-0.39, 0.29) is 0 Å². The van der Waals surface area contributed by atoms with Crippen molar-refractivity contribution < 1.29 is 4.42 Å². The zero-order chi connectivity index (χ0) is 26.2. The van der Waals surface area contributed by atoms with Crippen molar-refractivity contribution in [3.8, 4) is 22.3 Å².